The van der Waals surface area contributed by atoms with Crippen LogP contribution in [0, 0.1) is 0 Å². The van der Waals surface area contributed by atoms with Crippen LogP contribution in [0.4, 0.5) is 0 Å². The molecule has 0 radical (unpaired) electrons. The fraction of sp³-hybridized carbons (Fsp3) is 0.667. The second-order valence-electron chi connectivity index (χ2n) is 5.01. The van der Waals surface area contributed by atoms with E-state index in [1.165, 1.54) is 0 Å². The molecule has 1 amide bonds. The minimum Gasteiger partial charge on any atom is -0.335 e. The van der Waals surface area contributed by atoms with Gasteiger partial charge in [-0.2, -0.15) is 5.10 Å². The number of nitrogens with zero attached hydrogens (tertiary/aromatic N) is 4. The smallest absolute Gasteiger partial charge is 0.274 e. The van der Waals surface area contributed by atoms with Crippen molar-refractivity contribution in [3.05, 3.63) is 18.0 Å². The first-order chi connectivity index (χ1) is 8.74. The topological polar surface area (TPSA) is 53.4 Å². The van der Waals surface area contributed by atoms with Crippen LogP contribution in [-0.2, 0) is 7.05 Å². The zero-order valence-corrected chi connectivity index (χ0v) is 10.7. The van der Waals surface area contributed by atoms with Crippen LogP contribution in [0.25, 0.3) is 0 Å². The molecule has 2 aliphatic heterocycles. The monoisotopic (exact) mass is 249 g/mol. The highest BCUT2D eigenvalue weighted by Gasteiger charge is 2.29. The van der Waals surface area contributed by atoms with E-state index in [9.17, 15) is 4.79 Å². The summed E-state index contributed by atoms with van der Waals surface area (Å²) in [6.07, 6.45) is 1.81. The van der Waals surface area contributed by atoms with Crippen LogP contribution in [-0.4, -0.2) is 70.8 Å². The molecule has 1 N–H and O–H groups in total. The van der Waals surface area contributed by atoms with Crippen LogP contribution in [0.2, 0.25) is 0 Å². The molecule has 98 valence electrons. The van der Waals surface area contributed by atoms with Gasteiger partial charge in [-0.15, -0.1) is 0 Å². The molecule has 18 heavy (non-hydrogen) atoms. The van der Waals surface area contributed by atoms with E-state index in [1.807, 2.05) is 18.1 Å². The molecule has 3 heterocycles. The molecule has 0 aromatic carbocycles. The van der Waals surface area contributed by atoms with Crippen LogP contribution in [0.3, 0.4) is 0 Å². The number of hydrogen-bond donors (Lipinski definition) is 1. The van der Waals surface area contributed by atoms with Gasteiger partial charge in [0.15, 0.2) is 0 Å². The number of aromatic nitrogens is 2. The van der Waals surface area contributed by atoms with Gasteiger partial charge in [-0.3, -0.25) is 14.4 Å². The average molecular weight is 249 g/mol. The minimum atomic E-state index is 0.0574. The molecule has 2 fully saturated rings. The Morgan fingerprint density at radius 3 is 2.56 bits per heavy atom. The molecule has 1 aromatic heterocycles. The zero-order chi connectivity index (χ0) is 12.5. The Hall–Kier alpha value is -1.40. The van der Waals surface area contributed by atoms with Gasteiger partial charge in [0.05, 0.1) is 0 Å². The van der Waals surface area contributed by atoms with Crippen LogP contribution < -0.4 is 5.32 Å². The third kappa shape index (κ3) is 2.13. The van der Waals surface area contributed by atoms with E-state index in [0.717, 1.165) is 39.3 Å². The van der Waals surface area contributed by atoms with E-state index >= 15 is 0 Å². The third-order valence-electron chi connectivity index (χ3n) is 3.81. The lowest BCUT2D eigenvalue weighted by Crippen LogP contribution is -2.62. The van der Waals surface area contributed by atoms with Crippen molar-refractivity contribution in [2.75, 3.05) is 39.3 Å². The summed E-state index contributed by atoms with van der Waals surface area (Å²) in [5, 5.41) is 7.46. The summed E-state index contributed by atoms with van der Waals surface area (Å²) in [5.74, 6) is 0.0574. The Balaban J connectivity index is 1.57. The highest BCUT2D eigenvalue weighted by molar-refractivity contribution is 5.92. The SMILES string of the molecule is Cn1ccc(C(=O)N2CCN(C3CNC3)CC2)n1. The molecule has 6 nitrogen and oxygen atoms in total. The van der Waals surface area contributed by atoms with Crippen molar-refractivity contribution in [2.45, 2.75) is 6.04 Å². The fourth-order valence-corrected chi connectivity index (χ4v) is 2.51. The van der Waals surface area contributed by atoms with E-state index in [1.54, 1.807) is 10.7 Å². The number of aryl methyl sites for hydroxylation is 1. The van der Waals surface area contributed by atoms with Gasteiger partial charge in [-0.25, -0.2) is 0 Å². The minimum absolute atomic E-state index is 0.0574. The molecule has 0 atom stereocenters. The molecule has 2 aliphatic rings. The Kier molecular flexibility index (Phi) is 3.05. The summed E-state index contributed by atoms with van der Waals surface area (Å²) in [7, 11) is 1.83. The van der Waals surface area contributed by atoms with Crippen molar-refractivity contribution >= 4 is 5.91 Å². The Labute approximate surface area is 107 Å². The summed E-state index contributed by atoms with van der Waals surface area (Å²) in [5.41, 5.74) is 0.552. The van der Waals surface area contributed by atoms with Gasteiger partial charge < -0.3 is 10.2 Å². The molecule has 0 aliphatic carbocycles. The van der Waals surface area contributed by atoms with Gasteiger partial charge in [-0.1, -0.05) is 0 Å². The Morgan fingerprint density at radius 1 is 1.33 bits per heavy atom. The molecule has 1 aromatic rings. The number of carbonyl (C=O) groups excluding carboxylic acids is 1. The lowest BCUT2D eigenvalue weighted by Gasteiger charge is -2.43. The molecular formula is C12H19N5O. The number of piperazine rings is 1. The molecule has 0 unspecified atom stereocenters. The maximum Gasteiger partial charge on any atom is 0.274 e. The fourth-order valence-electron chi connectivity index (χ4n) is 2.51. The van der Waals surface area contributed by atoms with Crippen molar-refractivity contribution in [3.63, 3.8) is 0 Å². The molecule has 6 heteroatoms. The zero-order valence-electron chi connectivity index (χ0n) is 10.7. The highest BCUT2D eigenvalue weighted by Crippen LogP contribution is 2.11. The van der Waals surface area contributed by atoms with Crippen LogP contribution in [0.15, 0.2) is 12.3 Å². The Bertz CT molecular complexity index is 431. The Morgan fingerprint density at radius 2 is 2.06 bits per heavy atom. The van der Waals surface area contributed by atoms with E-state index in [2.05, 4.69) is 15.3 Å². The quantitative estimate of drug-likeness (QED) is 0.742. The van der Waals surface area contributed by atoms with Gasteiger partial charge in [0, 0.05) is 58.6 Å². The molecule has 0 saturated carbocycles. The summed E-state index contributed by atoms with van der Waals surface area (Å²) in [4.78, 5) is 16.6. The van der Waals surface area contributed by atoms with Crippen molar-refractivity contribution in [1.82, 2.24) is 24.9 Å². The van der Waals surface area contributed by atoms with Gasteiger partial charge in [0.1, 0.15) is 5.69 Å². The second kappa shape index (κ2) is 4.70. The number of nitrogens with one attached hydrogen (secondary N) is 1. The van der Waals surface area contributed by atoms with E-state index < -0.39 is 0 Å². The van der Waals surface area contributed by atoms with Crippen molar-refractivity contribution in [2.24, 2.45) is 7.05 Å². The standard InChI is InChI=1S/C12H19N5O/c1-15-3-2-11(14-15)12(18)17-6-4-16(5-7-17)10-8-13-9-10/h2-3,10,13H,4-9H2,1H3. The largest absolute Gasteiger partial charge is 0.335 e. The number of carbonyl (C=O) groups is 1. The maximum atomic E-state index is 12.2. The number of amides is 1. The van der Waals surface area contributed by atoms with Crippen molar-refractivity contribution in [3.8, 4) is 0 Å². The molecule has 3 rings (SSSR count). The lowest BCUT2D eigenvalue weighted by atomic mass is 10.1. The molecule has 0 bridgehead atoms. The van der Waals surface area contributed by atoms with E-state index in [4.69, 9.17) is 0 Å². The van der Waals surface area contributed by atoms with E-state index in [-0.39, 0.29) is 5.91 Å². The van der Waals surface area contributed by atoms with Crippen LogP contribution in [0.1, 0.15) is 10.5 Å². The summed E-state index contributed by atoms with van der Waals surface area (Å²) in [6.45, 7) is 5.76. The first kappa shape index (κ1) is 11.7. The average Bonchev–Trinajstić information content (AvgIpc) is 2.74. The number of hydrogen-bond acceptors (Lipinski definition) is 4. The summed E-state index contributed by atoms with van der Waals surface area (Å²) < 4.78 is 1.67. The van der Waals surface area contributed by atoms with Gasteiger partial charge in [-0.05, 0) is 6.07 Å². The predicted molar refractivity (Wildman–Crippen MR) is 67.3 cm³/mol. The van der Waals surface area contributed by atoms with Crippen molar-refractivity contribution < 1.29 is 4.79 Å². The maximum absolute atomic E-state index is 12.2. The molecular weight excluding hydrogens is 230 g/mol. The van der Waals surface area contributed by atoms with Crippen LogP contribution in [0.5, 0.6) is 0 Å². The predicted octanol–water partition coefficient (Wildman–Crippen LogP) is -0.850. The van der Waals surface area contributed by atoms with E-state index in [0.29, 0.717) is 11.7 Å². The summed E-state index contributed by atoms with van der Waals surface area (Å²) >= 11 is 0. The van der Waals surface area contributed by atoms with Gasteiger partial charge in [0.25, 0.3) is 5.91 Å². The second-order valence-corrected chi connectivity index (χ2v) is 5.01. The highest BCUT2D eigenvalue weighted by atomic mass is 16.2. The van der Waals surface area contributed by atoms with Crippen LogP contribution >= 0.6 is 0 Å². The van der Waals surface area contributed by atoms with Gasteiger partial charge >= 0.3 is 0 Å². The first-order valence-corrected chi connectivity index (χ1v) is 6.48. The third-order valence-corrected chi connectivity index (χ3v) is 3.81. The number of rotatable bonds is 2. The first-order valence-electron chi connectivity index (χ1n) is 6.48. The molecule has 2 saturated heterocycles. The lowest BCUT2D eigenvalue weighted by molar-refractivity contribution is 0.0497. The summed E-state index contributed by atoms with van der Waals surface area (Å²) in [6, 6.07) is 2.46. The molecule has 0 spiro atoms. The van der Waals surface area contributed by atoms with Crippen molar-refractivity contribution in [1.29, 1.82) is 0 Å². The van der Waals surface area contributed by atoms with Gasteiger partial charge in [0.2, 0.25) is 0 Å². The normalized spacial score (nSPS) is 21.9.